The number of allylic oxidation sites excluding steroid dienone is 2. The summed E-state index contributed by atoms with van der Waals surface area (Å²) in [5.41, 5.74) is 5.31. The SMILES string of the molecule is CC(NCCC(c1ccccc1)c1ccccc1)c1ccccc1.COC(=O)C1=C(C)NC(C)=C(C(=O)OC)C1c1ccccc1[N+](=O)[O-].Cl. The smallest absolute Gasteiger partial charge is 0.336 e. The number of nitro benzene ring substituents is 1. The molecule has 1 heterocycles. The Balaban J connectivity index is 0.000000265. The number of methoxy groups -OCH3 is 2. The van der Waals surface area contributed by atoms with E-state index in [4.69, 9.17) is 9.47 Å². The highest BCUT2D eigenvalue weighted by Gasteiger charge is 2.40. The number of nitro groups is 1. The molecule has 4 aromatic rings. The van der Waals surface area contributed by atoms with E-state index < -0.39 is 22.8 Å². The average Bonchev–Trinajstić information content (AvgIpc) is 3.13. The fourth-order valence-electron chi connectivity index (χ4n) is 6.16. The van der Waals surface area contributed by atoms with Crippen molar-refractivity contribution < 1.29 is 24.0 Å². The van der Waals surface area contributed by atoms with Crippen LogP contribution in [0.2, 0.25) is 0 Å². The molecule has 1 unspecified atom stereocenters. The summed E-state index contributed by atoms with van der Waals surface area (Å²) in [6.45, 7) is 6.51. The average molecular weight is 698 g/mol. The van der Waals surface area contributed by atoms with Crippen LogP contribution in [0.4, 0.5) is 5.69 Å². The number of dihydropyridines is 1. The molecule has 9 nitrogen and oxygen atoms in total. The molecule has 1 aliphatic rings. The summed E-state index contributed by atoms with van der Waals surface area (Å²) in [4.78, 5) is 35.6. The third-order valence-electron chi connectivity index (χ3n) is 8.60. The van der Waals surface area contributed by atoms with Crippen LogP contribution in [-0.4, -0.2) is 37.6 Å². The first-order chi connectivity index (χ1) is 23.7. The van der Waals surface area contributed by atoms with E-state index in [1.807, 2.05) is 0 Å². The van der Waals surface area contributed by atoms with Gasteiger partial charge < -0.3 is 20.1 Å². The van der Waals surface area contributed by atoms with Crippen molar-refractivity contribution >= 4 is 30.0 Å². The van der Waals surface area contributed by atoms with Gasteiger partial charge in [0.05, 0.1) is 36.2 Å². The molecule has 10 heteroatoms. The van der Waals surface area contributed by atoms with E-state index in [2.05, 4.69) is 109 Å². The van der Waals surface area contributed by atoms with Crippen molar-refractivity contribution in [3.8, 4) is 0 Å². The van der Waals surface area contributed by atoms with Crippen molar-refractivity contribution in [2.45, 2.75) is 45.1 Å². The zero-order valence-corrected chi connectivity index (χ0v) is 29.7. The number of hydrogen-bond acceptors (Lipinski definition) is 8. The molecule has 1 atom stereocenters. The zero-order chi connectivity index (χ0) is 35.3. The number of para-hydroxylation sites is 1. The van der Waals surface area contributed by atoms with Crippen LogP contribution >= 0.6 is 12.4 Å². The Labute approximate surface area is 300 Å². The fourth-order valence-corrected chi connectivity index (χ4v) is 6.16. The van der Waals surface area contributed by atoms with E-state index >= 15 is 0 Å². The van der Waals surface area contributed by atoms with E-state index in [0.29, 0.717) is 23.4 Å². The number of benzene rings is 4. The first kappa shape index (κ1) is 39.2. The van der Waals surface area contributed by atoms with Crippen molar-refractivity contribution in [1.29, 1.82) is 0 Å². The topological polar surface area (TPSA) is 120 Å². The zero-order valence-electron chi connectivity index (χ0n) is 28.9. The number of nitrogens with one attached hydrogen (secondary N) is 2. The number of nitrogens with zero attached hydrogens (tertiary/aromatic N) is 1. The van der Waals surface area contributed by atoms with Crippen molar-refractivity contribution in [2.75, 3.05) is 20.8 Å². The van der Waals surface area contributed by atoms with Gasteiger partial charge in [0.15, 0.2) is 0 Å². The number of halogens is 1. The third kappa shape index (κ3) is 9.68. The molecule has 4 aromatic carbocycles. The van der Waals surface area contributed by atoms with Gasteiger partial charge in [-0.1, -0.05) is 109 Å². The first-order valence-corrected chi connectivity index (χ1v) is 16.1. The van der Waals surface area contributed by atoms with Gasteiger partial charge in [-0.2, -0.15) is 0 Å². The second kappa shape index (κ2) is 19.1. The summed E-state index contributed by atoms with van der Waals surface area (Å²) in [7, 11) is 2.42. The summed E-state index contributed by atoms with van der Waals surface area (Å²) >= 11 is 0. The molecule has 5 rings (SSSR count). The van der Waals surface area contributed by atoms with E-state index in [0.717, 1.165) is 13.0 Å². The normalized spacial score (nSPS) is 13.3. The lowest BCUT2D eigenvalue weighted by Crippen LogP contribution is -2.32. The Morgan fingerprint density at radius 1 is 0.740 bits per heavy atom. The summed E-state index contributed by atoms with van der Waals surface area (Å²) in [6, 6.07) is 38.6. The molecule has 0 bridgehead atoms. The fraction of sp³-hybridized carbons (Fsp3) is 0.250. The van der Waals surface area contributed by atoms with Gasteiger partial charge in [-0.05, 0) is 50.4 Å². The Bertz CT molecular complexity index is 1720. The number of carbonyl (C=O) groups excluding carboxylic acids is 2. The molecule has 1 aliphatic heterocycles. The lowest BCUT2D eigenvalue weighted by molar-refractivity contribution is -0.385. The summed E-state index contributed by atoms with van der Waals surface area (Å²) in [5.74, 6) is -1.89. The lowest BCUT2D eigenvalue weighted by Gasteiger charge is -2.29. The summed E-state index contributed by atoms with van der Waals surface area (Å²) in [6.07, 6.45) is 1.09. The standard InChI is InChI=1S/C23H25N.C17H18N2O6.ClH/c1-19(20-11-5-2-6-12-20)24-18-17-23(21-13-7-3-8-14-21)22-15-9-4-10-16-22;1-9-13(16(20)24-3)15(14(10(2)18-9)17(21)25-4)11-7-5-6-8-12(11)19(22)23;/h2-16,19,23-24H,17-18H2,1H3;5-8,15,18H,1-4H3;1H. The Kier molecular flexibility index (Phi) is 14.9. The quantitative estimate of drug-likeness (QED) is 0.0916. The largest absolute Gasteiger partial charge is 0.466 e. The molecule has 0 spiro atoms. The number of esters is 2. The third-order valence-corrected chi connectivity index (χ3v) is 8.60. The second-order valence-electron chi connectivity index (χ2n) is 11.7. The molecule has 0 saturated carbocycles. The van der Waals surface area contributed by atoms with E-state index in [1.165, 1.54) is 49.1 Å². The minimum atomic E-state index is -0.970. The van der Waals surface area contributed by atoms with Gasteiger partial charge in [-0.25, -0.2) is 9.59 Å². The highest BCUT2D eigenvalue weighted by Crippen LogP contribution is 2.42. The minimum absolute atomic E-state index is 0. The van der Waals surface area contributed by atoms with Crippen LogP contribution in [0.25, 0.3) is 0 Å². The number of ether oxygens (including phenoxy) is 2. The monoisotopic (exact) mass is 697 g/mol. The van der Waals surface area contributed by atoms with Crippen molar-refractivity contribution in [2.24, 2.45) is 0 Å². The predicted molar refractivity (Wildman–Crippen MR) is 198 cm³/mol. The molecular weight excluding hydrogens is 654 g/mol. The van der Waals surface area contributed by atoms with Gasteiger partial charge in [0.1, 0.15) is 0 Å². The van der Waals surface area contributed by atoms with Crippen LogP contribution in [-0.2, 0) is 19.1 Å². The first-order valence-electron chi connectivity index (χ1n) is 16.1. The second-order valence-corrected chi connectivity index (χ2v) is 11.7. The van der Waals surface area contributed by atoms with Crippen LogP contribution in [0.15, 0.2) is 138 Å². The van der Waals surface area contributed by atoms with Gasteiger partial charge in [-0.3, -0.25) is 10.1 Å². The van der Waals surface area contributed by atoms with Crippen molar-refractivity contribution in [3.05, 3.63) is 170 Å². The summed E-state index contributed by atoms with van der Waals surface area (Å²) in [5, 5.41) is 18.1. The molecule has 0 aliphatic carbocycles. The van der Waals surface area contributed by atoms with E-state index in [1.54, 1.807) is 19.9 Å². The number of hydrogen-bond donors (Lipinski definition) is 2. The van der Waals surface area contributed by atoms with Gasteiger partial charge >= 0.3 is 11.9 Å². The molecule has 0 saturated heterocycles. The Morgan fingerprint density at radius 2 is 1.16 bits per heavy atom. The number of rotatable bonds is 11. The van der Waals surface area contributed by atoms with Crippen LogP contribution in [0, 0.1) is 10.1 Å². The molecular formula is C40H44ClN3O6. The van der Waals surface area contributed by atoms with Crippen molar-refractivity contribution in [3.63, 3.8) is 0 Å². The lowest BCUT2D eigenvalue weighted by atomic mass is 9.79. The highest BCUT2D eigenvalue weighted by atomic mass is 35.5. The van der Waals surface area contributed by atoms with Gasteiger partial charge in [-0.15, -0.1) is 12.4 Å². The molecule has 2 N–H and O–H groups in total. The van der Waals surface area contributed by atoms with Crippen molar-refractivity contribution in [1.82, 2.24) is 10.6 Å². The maximum Gasteiger partial charge on any atom is 0.336 e. The molecule has 0 amide bonds. The maximum atomic E-state index is 12.3. The van der Waals surface area contributed by atoms with Gasteiger partial charge in [0.2, 0.25) is 0 Å². The summed E-state index contributed by atoms with van der Waals surface area (Å²) < 4.78 is 9.66. The predicted octanol–water partition coefficient (Wildman–Crippen LogP) is 8.16. The molecule has 0 aromatic heterocycles. The molecule has 0 radical (unpaired) electrons. The number of carbonyl (C=O) groups is 2. The molecule has 262 valence electrons. The minimum Gasteiger partial charge on any atom is -0.466 e. The molecule has 0 fully saturated rings. The Morgan fingerprint density at radius 3 is 1.60 bits per heavy atom. The van der Waals surface area contributed by atoms with Crippen LogP contribution in [0.3, 0.4) is 0 Å². The van der Waals surface area contributed by atoms with Gasteiger partial charge in [0, 0.05) is 35.0 Å². The Hall–Kier alpha value is -5.25. The maximum absolute atomic E-state index is 12.3. The van der Waals surface area contributed by atoms with Crippen LogP contribution < -0.4 is 10.6 Å². The highest BCUT2D eigenvalue weighted by molar-refractivity contribution is 6.00. The van der Waals surface area contributed by atoms with Crippen LogP contribution in [0.5, 0.6) is 0 Å². The van der Waals surface area contributed by atoms with E-state index in [-0.39, 0.29) is 34.8 Å². The van der Waals surface area contributed by atoms with Gasteiger partial charge in [0.25, 0.3) is 5.69 Å². The van der Waals surface area contributed by atoms with E-state index in [9.17, 15) is 19.7 Å². The molecule has 50 heavy (non-hydrogen) atoms. The van der Waals surface area contributed by atoms with Crippen LogP contribution in [0.1, 0.15) is 67.3 Å².